The van der Waals surface area contributed by atoms with Crippen molar-refractivity contribution >= 4 is 21.8 Å². The number of rotatable bonds is 4. The molecule has 0 aliphatic rings. The second-order valence-electron chi connectivity index (χ2n) is 4.39. The zero-order valence-electron chi connectivity index (χ0n) is 10.2. The summed E-state index contributed by atoms with van der Waals surface area (Å²) in [4.78, 5) is 23.4. The van der Waals surface area contributed by atoms with Crippen LogP contribution in [0.1, 0.15) is 20.8 Å². The molecule has 5 heteroatoms. The maximum Gasteiger partial charge on any atom is 0.265 e. The van der Waals surface area contributed by atoms with Crippen molar-refractivity contribution in [2.75, 3.05) is 0 Å². The van der Waals surface area contributed by atoms with Crippen LogP contribution in [0, 0.1) is 5.92 Å². The number of aromatic nitrogens is 1. The zero-order chi connectivity index (χ0) is 13.0. The van der Waals surface area contributed by atoms with Crippen LogP contribution in [-0.2, 0) is 11.3 Å². The second kappa shape index (κ2) is 6.00. The third kappa shape index (κ3) is 4.00. The van der Waals surface area contributed by atoms with Gasteiger partial charge < -0.3 is 9.88 Å². The van der Waals surface area contributed by atoms with Crippen LogP contribution in [0.2, 0.25) is 0 Å². The Morgan fingerprint density at radius 3 is 2.71 bits per heavy atom. The molecule has 0 spiro atoms. The fourth-order valence-corrected chi connectivity index (χ4v) is 1.63. The van der Waals surface area contributed by atoms with E-state index in [4.69, 9.17) is 0 Å². The van der Waals surface area contributed by atoms with Gasteiger partial charge in [-0.3, -0.25) is 9.59 Å². The van der Waals surface area contributed by atoms with E-state index in [2.05, 4.69) is 21.2 Å². The molecule has 0 fully saturated rings. The lowest BCUT2D eigenvalue weighted by molar-refractivity contribution is -0.122. The van der Waals surface area contributed by atoms with Crippen LogP contribution < -0.4 is 10.9 Å². The summed E-state index contributed by atoms with van der Waals surface area (Å²) in [7, 11) is 0. The third-order valence-electron chi connectivity index (χ3n) is 2.68. The number of nitrogens with one attached hydrogen (secondary N) is 1. The van der Waals surface area contributed by atoms with Gasteiger partial charge in [0.15, 0.2) is 0 Å². The molecule has 1 unspecified atom stereocenters. The topological polar surface area (TPSA) is 51.1 Å². The zero-order valence-corrected chi connectivity index (χ0v) is 11.8. The van der Waals surface area contributed by atoms with E-state index in [1.54, 1.807) is 18.3 Å². The molecule has 1 N–H and O–H groups in total. The van der Waals surface area contributed by atoms with Crippen molar-refractivity contribution in [3.8, 4) is 0 Å². The van der Waals surface area contributed by atoms with E-state index in [-0.39, 0.29) is 24.1 Å². The quantitative estimate of drug-likeness (QED) is 0.921. The van der Waals surface area contributed by atoms with Gasteiger partial charge in [0.2, 0.25) is 5.91 Å². The van der Waals surface area contributed by atoms with Gasteiger partial charge in [0, 0.05) is 12.2 Å². The number of hydrogen-bond donors (Lipinski definition) is 1. The van der Waals surface area contributed by atoms with Crippen molar-refractivity contribution in [1.82, 2.24) is 9.88 Å². The molecule has 1 aromatic rings. The van der Waals surface area contributed by atoms with Crippen LogP contribution in [0.4, 0.5) is 0 Å². The molecule has 0 bridgehead atoms. The standard InChI is InChI=1S/C12H17BrN2O2/c1-8(2)9(3)14-11(16)7-15-6-4-5-10(13)12(15)17/h4-6,8-9H,7H2,1-3H3,(H,14,16). The highest BCUT2D eigenvalue weighted by atomic mass is 79.9. The van der Waals surface area contributed by atoms with Gasteiger partial charge in [-0.2, -0.15) is 0 Å². The Hall–Kier alpha value is -1.10. The van der Waals surface area contributed by atoms with Gasteiger partial charge in [-0.1, -0.05) is 13.8 Å². The van der Waals surface area contributed by atoms with Gasteiger partial charge in [0.25, 0.3) is 5.56 Å². The minimum Gasteiger partial charge on any atom is -0.352 e. The molecule has 17 heavy (non-hydrogen) atoms. The molecule has 0 aliphatic heterocycles. The number of nitrogens with zero attached hydrogens (tertiary/aromatic N) is 1. The first-order valence-electron chi connectivity index (χ1n) is 5.56. The van der Waals surface area contributed by atoms with E-state index in [0.29, 0.717) is 10.4 Å². The number of pyridine rings is 1. The Morgan fingerprint density at radius 2 is 2.12 bits per heavy atom. The second-order valence-corrected chi connectivity index (χ2v) is 5.24. The highest BCUT2D eigenvalue weighted by molar-refractivity contribution is 9.10. The summed E-state index contributed by atoms with van der Waals surface area (Å²) >= 11 is 3.15. The molecule has 0 saturated carbocycles. The summed E-state index contributed by atoms with van der Waals surface area (Å²) < 4.78 is 1.84. The van der Waals surface area contributed by atoms with Crippen molar-refractivity contribution in [2.45, 2.75) is 33.4 Å². The van der Waals surface area contributed by atoms with Gasteiger partial charge in [-0.25, -0.2) is 0 Å². The van der Waals surface area contributed by atoms with E-state index < -0.39 is 0 Å². The van der Waals surface area contributed by atoms with Crippen LogP contribution in [-0.4, -0.2) is 16.5 Å². The minimum absolute atomic E-state index is 0.0509. The Kier molecular flexibility index (Phi) is 4.93. The first kappa shape index (κ1) is 14.0. The largest absolute Gasteiger partial charge is 0.352 e. The molecule has 0 aliphatic carbocycles. The summed E-state index contributed by atoms with van der Waals surface area (Å²) in [6, 6.07) is 3.49. The number of halogens is 1. The molecule has 0 aromatic carbocycles. The first-order chi connectivity index (χ1) is 7.91. The molecule has 1 amide bonds. The van der Waals surface area contributed by atoms with Crippen LogP contribution >= 0.6 is 15.9 Å². The average Bonchev–Trinajstić information content (AvgIpc) is 2.24. The summed E-state index contributed by atoms with van der Waals surface area (Å²) in [5.74, 6) is 0.226. The fraction of sp³-hybridized carbons (Fsp3) is 0.500. The molecular formula is C12H17BrN2O2. The maximum absolute atomic E-state index is 11.7. The lowest BCUT2D eigenvalue weighted by Gasteiger charge is -2.17. The molecule has 1 rings (SSSR count). The monoisotopic (exact) mass is 300 g/mol. The molecular weight excluding hydrogens is 284 g/mol. The summed E-state index contributed by atoms with van der Waals surface area (Å²) in [5.41, 5.74) is -0.195. The van der Waals surface area contributed by atoms with Crippen LogP contribution in [0.5, 0.6) is 0 Å². The number of carbonyl (C=O) groups is 1. The predicted octanol–water partition coefficient (Wildman–Crippen LogP) is 1.77. The SMILES string of the molecule is CC(C)C(C)NC(=O)Cn1cccc(Br)c1=O. The molecule has 1 aromatic heterocycles. The average molecular weight is 301 g/mol. The predicted molar refractivity (Wildman–Crippen MR) is 70.8 cm³/mol. The Balaban J connectivity index is 2.69. The summed E-state index contributed by atoms with van der Waals surface area (Å²) in [5, 5.41) is 2.86. The highest BCUT2D eigenvalue weighted by Gasteiger charge is 2.11. The number of carbonyl (C=O) groups excluding carboxylic acids is 1. The number of amides is 1. The lowest BCUT2D eigenvalue weighted by atomic mass is 10.1. The van der Waals surface area contributed by atoms with Gasteiger partial charge in [-0.05, 0) is 40.9 Å². The van der Waals surface area contributed by atoms with Gasteiger partial charge in [0.05, 0.1) is 4.47 Å². The van der Waals surface area contributed by atoms with Crippen molar-refractivity contribution in [2.24, 2.45) is 5.92 Å². The molecule has 94 valence electrons. The fourth-order valence-electron chi connectivity index (χ4n) is 1.25. The Bertz CT molecular complexity index is 454. The smallest absolute Gasteiger partial charge is 0.265 e. The van der Waals surface area contributed by atoms with Gasteiger partial charge in [-0.15, -0.1) is 0 Å². The van der Waals surface area contributed by atoms with Gasteiger partial charge >= 0.3 is 0 Å². The molecule has 4 nitrogen and oxygen atoms in total. The van der Waals surface area contributed by atoms with Crippen molar-refractivity contribution < 1.29 is 4.79 Å². The first-order valence-corrected chi connectivity index (χ1v) is 6.35. The molecule has 0 saturated heterocycles. The maximum atomic E-state index is 11.7. The van der Waals surface area contributed by atoms with Crippen molar-refractivity contribution in [1.29, 1.82) is 0 Å². The van der Waals surface area contributed by atoms with Crippen LogP contribution in [0.25, 0.3) is 0 Å². The highest BCUT2D eigenvalue weighted by Crippen LogP contribution is 2.02. The third-order valence-corrected chi connectivity index (χ3v) is 3.28. The van der Waals surface area contributed by atoms with Crippen molar-refractivity contribution in [3.05, 3.63) is 33.2 Å². The van der Waals surface area contributed by atoms with E-state index >= 15 is 0 Å². The molecule has 0 radical (unpaired) electrons. The normalized spacial score (nSPS) is 12.5. The summed E-state index contributed by atoms with van der Waals surface area (Å²) in [6.45, 7) is 6.08. The Morgan fingerprint density at radius 1 is 1.47 bits per heavy atom. The minimum atomic E-state index is -0.195. The molecule has 1 heterocycles. The van der Waals surface area contributed by atoms with E-state index in [0.717, 1.165) is 0 Å². The Labute approximate surface area is 109 Å². The lowest BCUT2D eigenvalue weighted by Crippen LogP contribution is -2.39. The van der Waals surface area contributed by atoms with E-state index in [1.807, 2.05) is 20.8 Å². The van der Waals surface area contributed by atoms with Crippen molar-refractivity contribution in [3.63, 3.8) is 0 Å². The van der Waals surface area contributed by atoms with E-state index in [9.17, 15) is 9.59 Å². The van der Waals surface area contributed by atoms with E-state index in [1.165, 1.54) is 4.57 Å². The molecule has 1 atom stereocenters. The van der Waals surface area contributed by atoms with Crippen LogP contribution in [0.15, 0.2) is 27.6 Å². The van der Waals surface area contributed by atoms with Gasteiger partial charge in [0.1, 0.15) is 6.54 Å². The van der Waals surface area contributed by atoms with Crippen LogP contribution in [0.3, 0.4) is 0 Å². The summed E-state index contributed by atoms with van der Waals surface area (Å²) in [6.07, 6.45) is 1.60. The number of hydrogen-bond acceptors (Lipinski definition) is 2.